The van der Waals surface area contributed by atoms with Crippen LogP contribution in [0, 0.1) is 6.92 Å². The van der Waals surface area contributed by atoms with Crippen molar-refractivity contribution in [2.75, 3.05) is 19.8 Å². The van der Waals surface area contributed by atoms with E-state index < -0.39 is 0 Å². The van der Waals surface area contributed by atoms with Crippen LogP contribution >= 0.6 is 0 Å². The highest BCUT2D eigenvalue weighted by atomic mass is 16.5. The molecule has 2 aromatic carbocycles. The first-order chi connectivity index (χ1) is 11.7. The Bertz CT molecular complexity index is 639. The molecule has 0 radical (unpaired) electrons. The van der Waals surface area contributed by atoms with E-state index >= 15 is 0 Å². The molecule has 0 aromatic heterocycles. The Kier molecular flexibility index (Phi) is 7.13. The summed E-state index contributed by atoms with van der Waals surface area (Å²) in [7, 11) is 0. The van der Waals surface area contributed by atoms with Crippen LogP contribution in [0.1, 0.15) is 42.9 Å². The largest absolute Gasteiger partial charge is 0.494 e. The molecule has 2 aromatic rings. The number of aryl methyl sites for hydroxylation is 1. The molecular weight excluding hydrogens is 298 g/mol. The number of nitrogens with two attached hydrogens (primary N) is 1. The van der Waals surface area contributed by atoms with Crippen molar-refractivity contribution in [1.82, 2.24) is 0 Å². The van der Waals surface area contributed by atoms with Gasteiger partial charge in [-0.15, -0.1) is 0 Å². The molecular formula is C21H29NO2. The molecule has 24 heavy (non-hydrogen) atoms. The molecule has 2 N–H and O–H groups in total. The molecule has 130 valence electrons. The van der Waals surface area contributed by atoms with Gasteiger partial charge >= 0.3 is 0 Å². The topological polar surface area (TPSA) is 44.5 Å². The van der Waals surface area contributed by atoms with E-state index in [1.54, 1.807) is 0 Å². The van der Waals surface area contributed by atoms with Crippen molar-refractivity contribution in [3.8, 4) is 11.5 Å². The number of ether oxygens (including phenoxy) is 2. The summed E-state index contributed by atoms with van der Waals surface area (Å²) in [5, 5.41) is 0. The Morgan fingerprint density at radius 2 is 1.79 bits per heavy atom. The molecule has 0 heterocycles. The summed E-state index contributed by atoms with van der Waals surface area (Å²) < 4.78 is 11.3. The maximum Gasteiger partial charge on any atom is 0.119 e. The first kappa shape index (κ1) is 18.3. The maximum absolute atomic E-state index is 6.07. The molecule has 0 saturated carbocycles. The molecule has 0 spiro atoms. The van der Waals surface area contributed by atoms with Gasteiger partial charge in [0, 0.05) is 5.92 Å². The molecule has 0 amide bonds. The Labute approximate surface area is 145 Å². The van der Waals surface area contributed by atoms with Crippen LogP contribution in [-0.2, 0) is 6.42 Å². The van der Waals surface area contributed by atoms with Crippen LogP contribution in [0.15, 0.2) is 42.5 Å². The van der Waals surface area contributed by atoms with Gasteiger partial charge in [-0.25, -0.2) is 0 Å². The minimum Gasteiger partial charge on any atom is -0.494 e. The van der Waals surface area contributed by atoms with Gasteiger partial charge in [-0.3, -0.25) is 0 Å². The predicted molar refractivity (Wildman–Crippen MR) is 100 cm³/mol. The van der Waals surface area contributed by atoms with E-state index in [1.807, 2.05) is 19.1 Å². The molecule has 0 fully saturated rings. The molecule has 3 heteroatoms. The fourth-order valence-corrected chi connectivity index (χ4v) is 2.95. The van der Waals surface area contributed by atoms with Crippen molar-refractivity contribution in [3.63, 3.8) is 0 Å². The Balaban J connectivity index is 2.14. The van der Waals surface area contributed by atoms with Gasteiger partial charge in [0.25, 0.3) is 0 Å². The standard InChI is InChI=1S/C21H29NO2/c1-4-11-24-19-8-6-7-17(14-19)13-18(15-22)21-10-9-20(23-5-2)12-16(21)3/h6-10,12,14,18H,4-5,11,13,15,22H2,1-3H3. The second-order valence-electron chi connectivity index (χ2n) is 6.08. The zero-order valence-electron chi connectivity index (χ0n) is 15.0. The summed E-state index contributed by atoms with van der Waals surface area (Å²) >= 11 is 0. The Morgan fingerprint density at radius 1 is 1.00 bits per heavy atom. The summed E-state index contributed by atoms with van der Waals surface area (Å²) in [5.74, 6) is 2.15. The zero-order valence-corrected chi connectivity index (χ0v) is 15.0. The average Bonchev–Trinajstić information content (AvgIpc) is 2.59. The lowest BCUT2D eigenvalue weighted by molar-refractivity contribution is 0.317. The van der Waals surface area contributed by atoms with Crippen molar-refractivity contribution in [3.05, 3.63) is 59.2 Å². The fraction of sp³-hybridized carbons (Fsp3) is 0.429. The maximum atomic E-state index is 6.07. The molecule has 1 atom stereocenters. The van der Waals surface area contributed by atoms with Crippen molar-refractivity contribution < 1.29 is 9.47 Å². The van der Waals surface area contributed by atoms with Crippen LogP contribution in [0.25, 0.3) is 0 Å². The van der Waals surface area contributed by atoms with Gasteiger partial charge in [0.15, 0.2) is 0 Å². The highest BCUT2D eigenvalue weighted by molar-refractivity contribution is 5.38. The summed E-state index contributed by atoms with van der Waals surface area (Å²) in [5.41, 5.74) is 9.85. The van der Waals surface area contributed by atoms with E-state index in [-0.39, 0.29) is 0 Å². The van der Waals surface area contributed by atoms with Gasteiger partial charge < -0.3 is 15.2 Å². The second-order valence-corrected chi connectivity index (χ2v) is 6.08. The summed E-state index contributed by atoms with van der Waals surface area (Å²) in [6.07, 6.45) is 1.93. The summed E-state index contributed by atoms with van der Waals surface area (Å²) in [4.78, 5) is 0. The quantitative estimate of drug-likeness (QED) is 0.739. The van der Waals surface area contributed by atoms with Gasteiger partial charge in [-0.1, -0.05) is 25.1 Å². The van der Waals surface area contributed by atoms with Crippen LogP contribution in [0.3, 0.4) is 0 Å². The molecule has 0 aliphatic rings. The van der Waals surface area contributed by atoms with Crippen molar-refractivity contribution in [2.24, 2.45) is 5.73 Å². The van der Waals surface area contributed by atoms with Crippen LogP contribution in [0.4, 0.5) is 0 Å². The average molecular weight is 327 g/mol. The molecule has 3 nitrogen and oxygen atoms in total. The van der Waals surface area contributed by atoms with E-state index in [9.17, 15) is 0 Å². The first-order valence-corrected chi connectivity index (χ1v) is 8.83. The van der Waals surface area contributed by atoms with Crippen LogP contribution < -0.4 is 15.2 Å². The van der Waals surface area contributed by atoms with Crippen LogP contribution in [0.5, 0.6) is 11.5 Å². The van der Waals surface area contributed by atoms with Gasteiger partial charge in [0.1, 0.15) is 11.5 Å². The third kappa shape index (κ3) is 5.00. The minimum atomic E-state index is 0.294. The van der Waals surface area contributed by atoms with Gasteiger partial charge in [-0.05, 0) is 74.2 Å². The molecule has 2 rings (SSSR count). The molecule has 0 saturated heterocycles. The van der Waals surface area contributed by atoms with Crippen LogP contribution in [0.2, 0.25) is 0 Å². The fourth-order valence-electron chi connectivity index (χ4n) is 2.95. The van der Waals surface area contributed by atoms with E-state index in [1.165, 1.54) is 16.7 Å². The highest BCUT2D eigenvalue weighted by Crippen LogP contribution is 2.27. The number of rotatable bonds is 9. The Hall–Kier alpha value is -2.00. The van der Waals surface area contributed by atoms with Gasteiger partial charge in [0.05, 0.1) is 13.2 Å². The lowest BCUT2D eigenvalue weighted by Crippen LogP contribution is -2.16. The monoisotopic (exact) mass is 327 g/mol. The van der Waals surface area contributed by atoms with Crippen molar-refractivity contribution >= 4 is 0 Å². The van der Waals surface area contributed by atoms with Crippen molar-refractivity contribution in [2.45, 2.75) is 39.5 Å². The minimum absolute atomic E-state index is 0.294. The molecule has 0 aliphatic heterocycles. The SMILES string of the molecule is CCCOc1cccc(CC(CN)c2ccc(OCC)cc2C)c1. The van der Waals surface area contributed by atoms with E-state index in [0.29, 0.717) is 19.1 Å². The van der Waals surface area contributed by atoms with E-state index in [4.69, 9.17) is 15.2 Å². The third-order valence-electron chi connectivity index (χ3n) is 4.13. The Morgan fingerprint density at radius 3 is 2.46 bits per heavy atom. The normalized spacial score (nSPS) is 12.0. The predicted octanol–water partition coefficient (Wildman–Crippen LogP) is 4.47. The summed E-state index contributed by atoms with van der Waals surface area (Å²) in [6.45, 7) is 8.30. The van der Waals surface area contributed by atoms with Gasteiger partial charge in [0.2, 0.25) is 0 Å². The van der Waals surface area contributed by atoms with E-state index in [2.05, 4.69) is 44.2 Å². The highest BCUT2D eigenvalue weighted by Gasteiger charge is 2.14. The lowest BCUT2D eigenvalue weighted by Gasteiger charge is -2.19. The summed E-state index contributed by atoms with van der Waals surface area (Å²) in [6, 6.07) is 14.6. The van der Waals surface area contributed by atoms with Gasteiger partial charge in [-0.2, -0.15) is 0 Å². The smallest absolute Gasteiger partial charge is 0.119 e. The molecule has 1 unspecified atom stereocenters. The van der Waals surface area contributed by atoms with Crippen LogP contribution in [-0.4, -0.2) is 19.8 Å². The third-order valence-corrected chi connectivity index (χ3v) is 4.13. The number of hydrogen-bond acceptors (Lipinski definition) is 3. The number of hydrogen-bond donors (Lipinski definition) is 1. The lowest BCUT2D eigenvalue weighted by atomic mass is 9.89. The van der Waals surface area contributed by atoms with Crippen molar-refractivity contribution in [1.29, 1.82) is 0 Å². The zero-order chi connectivity index (χ0) is 17.4. The first-order valence-electron chi connectivity index (χ1n) is 8.83. The molecule has 0 aliphatic carbocycles. The second kappa shape index (κ2) is 9.33. The molecule has 0 bridgehead atoms. The number of benzene rings is 2. The van der Waals surface area contributed by atoms with E-state index in [0.717, 1.165) is 30.9 Å².